The summed E-state index contributed by atoms with van der Waals surface area (Å²) in [4.78, 5) is 0.946. The molecule has 0 nitrogen and oxygen atoms in total. The van der Waals surface area contributed by atoms with Crippen molar-refractivity contribution in [2.45, 2.75) is 18.2 Å². The third-order valence-electron chi connectivity index (χ3n) is 3.82. The van der Waals surface area contributed by atoms with Gasteiger partial charge in [-0.15, -0.1) is 12.6 Å². The first-order valence-corrected chi connectivity index (χ1v) is 8.70. The molecule has 0 unspecified atom stereocenters. The first-order valence-electron chi connectivity index (χ1n) is 8.25. The lowest BCUT2D eigenvalue weighted by Crippen LogP contribution is -1.89. The van der Waals surface area contributed by atoms with Crippen molar-refractivity contribution in [3.8, 4) is 23.7 Å². The van der Waals surface area contributed by atoms with Crippen LogP contribution < -0.4 is 0 Å². The second-order valence-electron chi connectivity index (χ2n) is 5.64. The summed E-state index contributed by atoms with van der Waals surface area (Å²) in [6, 6.07) is 24.2. The number of benzene rings is 3. The van der Waals surface area contributed by atoms with E-state index in [-0.39, 0.29) is 0 Å². The fourth-order valence-corrected chi connectivity index (χ4v) is 2.59. The maximum Gasteiger partial charge on any atom is 0.0281 e. The van der Waals surface area contributed by atoms with Crippen molar-refractivity contribution in [3.63, 3.8) is 0 Å². The number of hydrogen-bond acceptors (Lipinski definition) is 1. The zero-order valence-corrected chi connectivity index (χ0v) is 15.0. The third kappa shape index (κ3) is 4.80. The van der Waals surface area contributed by atoms with Crippen LogP contribution in [0.3, 0.4) is 0 Å². The standard InChI is InChI=1S/C24H18S/c1-2-22-18-21(9-8-19-6-4-3-5-7-19)11-15-23(22)14-10-20-12-16-24(25)17-13-20/h3-7,11-13,15-18,25H,2H2,1H3. The van der Waals surface area contributed by atoms with E-state index in [2.05, 4.69) is 55.4 Å². The van der Waals surface area contributed by atoms with Crippen LogP contribution in [0.5, 0.6) is 0 Å². The van der Waals surface area contributed by atoms with Gasteiger partial charge in [-0.25, -0.2) is 0 Å². The van der Waals surface area contributed by atoms with E-state index in [9.17, 15) is 0 Å². The van der Waals surface area contributed by atoms with Crippen LogP contribution in [-0.2, 0) is 6.42 Å². The van der Waals surface area contributed by atoms with Gasteiger partial charge in [-0.1, -0.05) is 48.8 Å². The smallest absolute Gasteiger partial charge is 0.0281 e. The van der Waals surface area contributed by atoms with Crippen molar-refractivity contribution in [1.29, 1.82) is 0 Å². The summed E-state index contributed by atoms with van der Waals surface area (Å²) in [5, 5.41) is 0. The minimum atomic E-state index is 0.931. The molecule has 0 aromatic heterocycles. The highest BCUT2D eigenvalue weighted by Gasteiger charge is 1.99. The summed E-state index contributed by atoms with van der Waals surface area (Å²) < 4.78 is 0. The summed E-state index contributed by atoms with van der Waals surface area (Å²) in [6.07, 6.45) is 0.931. The van der Waals surface area contributed by atoms with E-state index in [0.717, 1.165) is 33.6 Å². The largest absolute Gasteiger partial charge is 0.143 e. The van der Waals surface area contributed by atoms with Gasteiger partial charge in [0, 0.05) is 27.1 Å². The highest BCUT2D eigenvalue weighted by Crippen LogP contribution is 2.13. The van der Waals surface area contributed by atoms with Crippen LogP contribution >= 0.6 is 12.6 Å². The van der Waals surface area contributed by atoms with Crippen molar-refractivity contribution in [2.24, 2.45) is 0 Å². The van der Waals surface area contributed by atoms with Gasteiger partial charge in [0.05, 0.1) is 0 Å². The number of hydrogen-bond donors (Lipinski definition) is 1. The number of aryl methyl sites for hydroxylation is 1. The Morgan fingerprint density at radius 2 is 1.28 bits per heavy atom. The van der Waals surface area contributed by atoms with Crippen LogP contribution in [0.25, 0.3) is 0 Å². The zero-order valence-electron chi connectivity index (χ0n) is 14.1. The van der Waals surface area contributed by atoms with Crippen LogP contribution in [0, 0.1) is 23.7 Å². The second-order valence-corrected chi connectivity index (χ2v) is 6.15. The maximum absolute atomic E-state index is 4.30. The summed E-state index contributed by atoms with van der Waals surface area (Å²) in [5.74, 6) is 12.9. The van der Waals surface area contributed by atoms with E-state index < -0.39 is 0 Å². The van der Waals surface area contributed by atoms with Gasteiger partial charge in [-0.05, 0) is 66.6 Å². The van der Waals surface area contributed by atoms with E-state index in [0.29, 0.717) is 0 Å². The fraction of sp³-hybridized carbons (Fsp3) is 0.0833. The Bertz CT molecular complexity index is 975. The van der Waals surface area contributed by atoms with E-state index in [1.165, 1.54) is 5.56 Å². The van der Waals surface area contributed by atoms with Crippen molar-refractivity contribution < 1.29 is 0 Å². The summed E-state index contributed by atoms with van der Waals surface area (Å²) in [5.41, 5.74) is 5.32. The minimum absolute atomic E-state index is 0.931. The summed E-state index contributed by atoms with van der Waals surface area (Å²) >= 11 is 4.30. The highest BCUT2D eigenvalue weighted by molar-refractivity contribution is 7.80. The third-order valence-corrected chi connectivity index (χ3v) is 4.12. The fourth-order valence-electron chi connectivity index (χ4n) is 2.44. The molecular weight excluding hydrogens is 320 g/mol. The summed E-state index contributed by atoms with van der Waals surface area (Å²) in [7, 11) is 0. The molecular formula is C24H18S. The maximum atomic E-state index is 4.30. The Hall–Kier alpha value is -2.87. The molecule has 0 heterocycles. The van der Waals surface area contributed by atoms with Crippen molar-refractivity contribution in [1.82, 2.24) is 0 Å². The van der Waals surface area contributed by atoms with Gasteiger partial charge in [0.15, 0.2) is 0 Å². The predicted molar refractivity (Wildman–Crippen MR) is 108 cm³/mol. The topological polar surface area (TPSA) is 0 Å². The molecule has 1 heteroatoms. The summed E-state index contributed by atoms with van der Waals surface area (Å²) in [6.45, 7) is 2.14. The van der Waals surface area contributed by atoms with Gasteiger partial charge in [-0.2, -0.15) is 0 Å². The average Bonchev–Trinajstić information content (AvgIpc) is 2.67. The van der Waals surface area contributed by atoms with Gasteiger partial charge in [0.1, 0.15) is 0 Å². The highest BCUT2D eigenvalue weighted by atomic mass is 32.1. The molecule has 0 spiro atoms. The normalized spacial score (nSPS) is 9.52. The minimum Gasteiger partial charge on any atom is -0.143 e. The van der Waals surface area contributed by atoms with E-state index in [1.54, 1.807) is 0 Å². The van der Waals surface area contributed by atoms with Gasteiger partial charge in [0.25, 0.3) is 0 Å². The molecule has 0 saturated carbocycles. The Labute approximate surface area is 155 Å². The van der Waals surface area contributed by atoms with E-state index in [1.807, 2.05) is 60.7 Å². The monoisotopic (exact) mass is 338 g/mol. The first-order chi connectivity index (χ1) is 12.2. The molecule has 0 radical (unpaired) electrons. The van der Waals surface area contributed by atoms with Gasteiger partial charge in [0.2, 0.25) is 0 Å². The molecule has 25 heavy (non-hydrogen) atoms. The molecule has 0 bridgehead atoms. The molecule has 3 rings (SSSR count). The number of rotatable bonds is 1. The molecule has 0 N–H and O–H groups in total. The first kappa shape index (κ1) is 17.0. The van der Waals surface area contributed by atoms with Crippen LogP contribution in [0.1, 0.15) is 34.7 Å². The van der Waals surface area contributed by atoms with Crippen molar-refractivity contribution >= 4 is 12.6 Å². The Balaban J connectivity index is 1.86. The molecule has 0 fully saturated rings. The van der Waals surface area contributed by atoms with Gasteiger partial charge >= 0.3 is 0 Å². The SMILES string of the molecule is CCc1cc(C#Cc2ccccc2)ccc1C#Cc1ccc(S)cc1. The van der Waals surface area contributed by atoms with Crippen LogP contribution in [-0.4, -0.2) is 0 Å². The molecule has 0 aliphatic rings. The van der Waals surface area contributed by atoms with Gasteiger partial charge in [-0.3, -0.25) is 0 Å². The average molecular weight is 338 g/mol. The Morgan fingerprint density at radius 1 is 0.680 bits per heavy atom. The molecule has 0 saturated heterocycles. The van der Waals surface area contributed by atoms with E-state index >= 15 is 0 Å². The molecule has 0 amide bonds. The van der Waals surface area contributed by atoms with Gasteiger partial charge < -0.3 is 0 Å². The molecule has 0 atom stereocenters. The Morgan fingerprint density at radius 3 is 2.00 bits per heavy atom. The lowest BCUT2D eigenvalue weighted by Gasteiger charge is -2.02. The van der Waals surface area contributed by atoms with Crippen molar-refractivity contribution in [2.75, 3.05) is 0 Å². The van der Waals surface area contributed by atoms with Crippen molar-refractivity contribution in [3.05, 3.63) is 101 Å². The molecule has 120 valence electrons. The second kappa shape index (κ2) is 8.29. The molecule has 3 aromatic rings. The quantitative estimate of drug-likeness (QED) is 0.449. The zero-order chi connectivity index (χ0) is 17.5. The molecule has 0 aliphatic heterocycles. The lowest BCUT2D eigenvalue weighted by molar-refractivity contribution is 1.13. The van der Waals surface area contributed by atoms with Crippen LogP contribution in [0.15, 0.2) is 77.7 Å². The molecule has 0 aliphatic carbocycles. The van der Waals surface area contributed by atoms with Crippen LogP contribution in [0.4, 0.5) is 0 Å². The predicted octanol–water partition coefficient (Wildman–Crippen LogP) is 5.34. The number of thiol groups is 1. The molecule has 3 aromatic carbocycles. The lowest BCUT2D eigenvalue weighted by atomic mass is 10.0. The van der Waals surface area contributed by atoms with Crippen LogP contribution in [0.2, 0.25) is 0 Å². The van der Waals surface area contributed by atoms with E-state index in [4.69, 9.17) is 0 Å². The Kier molecular flexibility index (Phi) is 5.63.